The molecule has 0 aliphatic carbocycles. The van der Waals surface area contributed by atoms with E-state index < -0.39 is 58.7 Å². The van der Waals surface area contributed by atoms with E-state index >= 15 is 0 Å². The van der Waals surface area contributed by atoms with Gasteiger partial charge in [-0.3, -0.25) is 60.7 Å². The molecule has 31 heavy (non-hydrogen) atoms. The van der Waals surface area contributed by atoms with Crippen LogP contribution >= 0.6 is 0 Å². The Morgan fingerprint density at radius 3 is 1.13 bits per heavy atom. The number of aromatic nitrogens is 3. The first-order valence-corrected chi connectivity index (χ1v) is 7.73. The first kappa shape index (κ1) is 22.5. The van der Waals surface area contributed by atoms with Gasteiger partial charge < -0.3 is 4.90 Å². The van der Waals surface area contributed by atoms with E-state index in [0.29, 0.717) is 12.8 Å². The van der Waals surface area contributed by atoms with Crippen LogP contribution in [0, 0.1) is 60.7 Å². The highest BCUT2D eigenvalue weighted by molar-refractivity contribution is 5.32. The van der Waals surface area contributed by atoms with Gasteiger partial charge in [-0.25, -0.2) is 0 Å². The second kappa shape index (κ2) is 7.56. The normalized spacial score (nSPS) is 14.1. The molecule has 0 atom stereocenters. The van der Waals surface area contributed by atoms with Crippen molar-refractivity contribution in [2.24, 2.45) is 0 Å². The molecule has 1 aromatic heterocycles. The SMILES string of the molecule is O=[N+]([O-])C(c1nc(N2CCCC2)nc(C([N+](=O)[O-])([N+](=O)[O-])[N+](=O)[O-])n1)([N+](=O)[O-])[N+](=O)[O-]. The van der Waals surface area contributed by atoms with Gasteiger partial charge in [0.25, 0.3) is 0 Å². The summed E-state index contributed by atoms with van der Waals surface area (Å²) >= 11 is 0. The fourth-order valence-electron chi connectivity index (χ4n) is 2.61. The van der Waals surface area contributed by atoms with Crippen LogP contribution in [0.3, 0.4) is 0 Å². The molecule has 0 aromatic carbocycles. The van der Waals surface area contributed by atoms with Crippen molar-refractivity contribution in [2.75, 3.05) is 18.0 Å². The molecule has 166 valence electrons. The van der Waals surface area contributed by atoms with Crippen LogP contribution in [0.1, 0.15) is 24.5 Å². The molecule has 1 fully saturated rings. The molecule has 0 unspecified atom stereocenters. The van der Waals surface area contributed by atoms with Crippen LogP contribution in [0.5, 0.6) is 0 Å². The van der Waals surface area contributed by atoms with Crippen LogP contribution in [0.25, 0.3) is 0 Å². The monoisotopic (exact) mass is 448 g/mol. The molecule has 0 radical (unpaired) electrons. The molecule has 0 N–H and O–H groups in total. The molecular weight excluding hydrogens is 440 g/mol. The largest absolute Gasteiger partial charge is 0.763 e. The Morgan fingerprint density at radius 1 is 0.581 bits per heavy atom. The fraction of sp³-hybridized carbons (Fsp3) is 0.667. The maximum absolute atomic E-state index is 11.3. The van der Waals surface area contributed by atoms with Crippen molar-refractivity contribution >= 4 is 5.95 Å². The molecule has 1 saturated heterocycles. The van der Waals surface area contributed by atoms with Gasteiger partial charge in [0, 0.05) is 13.1 Å². The van der Waals surface area contributed by atoms with Crippen LogP contribution < -0.4 is 4.90 Å². The molecule has 22 nitrogen and oxygen atoms in total. The standard InChI is InChI=1S/C9H8N10O12/c20-14(21)8(15(22)23,16(24)25)5-10-6(9(17(26)27,18(28)29)19(30)31)12-7(11-5)13-3-1-2-4-13/h1-4H2. The Hall–Kier alpha value is -4.79. The minimum absolute atomic E-state index is 0.0354. The number of nitro groups is 6. The molecule has 1 aromatic rings. The maximum Gasteiger partial charge on any atom is 0.763 e. The van der Waals surface area contributed by atoms with Crippen LogP contribution in [0.2, 0.25) is 0 Å². The smallest absolute Gasteiger partial charge is 0.341 e. The Morgan fingerprint density at radius 2 is 0.871 bits per heavy atom. The summed E-state index contributed by atoms with van der Waals surface area (Å²) in [5, 5.41) is 67.8. The minimum atomic E-state index is -4.58. The van der Waals surface area contributed by atoms with Crippen molar-refractivity contribution in [3.63, 3.8) is 0 Å². The van der Waals surface area contributed by atoms with Crippen molar-refractivity contribution in [1.82, 2.24) is 15.0 Å². The predicted molar refractivity (Wildman–Crippen MR) is 86.6 cm³/mol. The summed E-state index contributed by atoms with van der Waals surface area (Å²) in [6.45, 7) is 0.0708. The summed E-state index contributed by atoms with van der Waals surface area (Å²) in [6, 6.07) is 0. The zero-order valence-electron chi connectivity index (χ0n) is 14.7. The van der Waals surface area contributed by atoms with Crippen molar-refractivity contribution in [1.29, 1.82) is 0 Å². The first-order chi connectivity index (χ1) is 14.3. The third-order valence-electron chi connectivity index (χ3n) is 4.14. The summed E-state index contributed by atoms with van der Waals surface area (Å²) in [5.41, 5.74) is 0. The Bertz CT molecular complexity index is 864. The Kier molecular flexibility index (Phi) is 5.49. The lowest BCUT2D eigenvalue weighted by atomic mass is 10.3. The third-order valence-corrected chi connectivity index (χ3v) is 4.14. The van der Waals surface area contributed by atoms with Crippen LogP contribution in [0.4, 0.5) is 5.95 Å². The topological polar surface area (TPSA) is 301 Å². The lowest BCUT2D eigenvalue weighted by Gasteiger charge is -2.17. The van der Waals surface area contributed by atoms with Crippen molar-refractivity contribution < 1.29 is 29.5 Å². The Balaban J connectivity index is 3.03. The first-order valence-electron chi connectivity index (χ1n) is 7.73. The van der Waals surface area contributed by atoms with Gasteiger partial charge in [0.2, 0.25) is 5.95 Å². The third kappa shape index (κ3) is 3.10. The average molecular weight is 448 g/mol. The number of nitrogens with zero attached hydrogens (tertiary/aromatic N) is 10. The molecule has 0 spiro atoms. The van der Waals surface area contributed by atoms with E-state index in [-0.39, 0.29) is 13.1 Å². The maximum atomic E-state index is 11.3. The summed E-state index contributed by atoms with van der Waals surface area (Å²) in [4.78, 5) is 65.8. The molecular formula is C9H8N10O12. The highest BCUT2D eigenvalue weighted by Crippen LogP contribution is 2.30. The second-order valence-corrected chi connectivity index (χ2v) is 5.79. The van der Waals surface area contributed by atoms with E-state index in [2.05, 4.69) is 15.0 Å². The Labute approximate surface area is 166 Å². The van der Waals surface area contributed by atoms with Crippen LogP contribution in [-0.4, -0.2) is 57.6 Å². The van der Waals surface area contributed by atoms with Gasteiger partial charge in [-0.15, -0.1) is 0 Å². The molecule has 22 heteroatoms. The van der Waals surface area contributed by atoms with Gasteiger partial charge in [-0.2, -0.15) is 15.0 Å². The van der Waals surface area contributed by atoms with Gasteiger partial charge >= 0.3 is 23.2 Å². The summed E-state index contributed by atoms with van der Waals surface area (Å²) < 4.78 is 0. The van der Waals surface area contributed by atoms with E-state index in [4.69, 9.17) is 0 Å². The molecule has 1 aliphatic rings. The van der Waals surface area contributed by atoms with E-state index in [1.165, 1.54) is 0 Å². The van der Waals surface area contributed by atoms with Gasteiger partial charge in [0.05, 0.1) is 0 Å². The zero-order chi connectivity index (χ0) is 23.7. The lowest BCUT2D eigenvalue weighted by molar-refractivity contribution is -0.989. The average Bonchev–Trinajstić information content (AvgIpc) is 3.15. The summed E-state index contributed by atoms with van der Waals surface area (Å²) in [5.74, 6) is -14.1. The number of hydrogen-bond donors (Lipinski definition) is 0. The highest BCUT2D eigenvalue weighted by Gasteiger charge is 2.80. The summed E-state index contributed by atoms with van der Waals surface area (Å²) in [7, 11) is 0. The van der Waals surface area contributed by atoms with Gasteiger partial charge in [0.1, 0.15) is 0 Å². The molecule has 0 bridgehead atoms. The van der Waals surface area contributed by atoms with E-state index in [9.17, 15) is 60.7 Å². The van der Waals surface area contributed by atoms with Gasteiger partial charge in [-0.05, 0) is 12.8 Å². The molecule has 0 saturated carbocycles. The molecule has 1 aliphatic heterocycles. The zero-order valence-corrected chi connectivity index (χ0v) is 14.7. The quantitative estimate of drug-likeness (QED) is 0.232. The van der Waals surface area contributed by atoms with E-state index in [0.717, 1.165) is 4.90 Å². The van der Waals surface area contributed by atoms with Crippen LogP contribution in [-0.2, 0) is 11.6 Å². The van der Waals surface area contributed by atoms with E-state index in [1.807, 2.05) is 0 Å². The van der Waals surface area contributed by atoms with E-state index in [1.54, 1.807) is 0 Å². The molecule has 2 rings (SSSR count). The number of rotatable bonds is 9. The van der Waals surface area contributed by atoms with Crippen LogP contribution in [0.15, 0.2) is 0 Å². The second-order valence-electron chi connectivity index (χ2n) is 5.79. The van der Waals surface area contributed by atoms with Crippen molar-refractivity contribution in [3.05, 3.63) is 72.3 Å². The predicted octanol–water partition coefficient (Wildman–Crippen LogP) is -1.65. The van der Waals surface area contributed by atoms with Gasteiger partial charge in [0.15, 0.2) is 29.5 Å². The summed E-state index contributed by atoms with van der Waals surface area (Å²) in [6.07, 6.45) is 0.845. The minimum Gasteiger partial charge on any atom is -0.341 e. The lowest BCUT2D eigenvalue weighted by Crippen LogP contribution is -2.54. The number of hydrogen-bond acceptors (Lipinski definition) is 16. The van der Waals surface area contributed by atoms with Crippen molar-refractivity contribution in [2.45, 2.75) is 24.4 Å². The highest BCUT2D eigenvalue weighted by atomic mass is 16.7. The fourth-order valence-corrected chi connectivity index (χ4v) is 2.61. The van der Waals surface area contributed by atoms with Gasteiger partial charge in [-0.1, -0.05) is 0 Å². The number of anilines is 1. The molecule has 0 amide bonds. The van der Waals surface area contributed by atoms with Crippen molar-refractivity contribution in [3.8, 4) is 0 Å². The molecule has 2 heterocycles.